The Labute approximate surface area is 62.2 Å². The van der Waals surface area contributed by atoms with Crippen molar-refractivity contribution in [2.75, 3.05) is 13.6 Å². The molecule has 1 amide bonds. The first-order chi connectivity index (χ1) is 4.83. The van der Waals surface area contributed by atoms with Gasteiger partial charge in [0, 0.05) is 13.6 Å². The lowest BCUT2D eigenvalue weighted by Crippen LogP contribution is -2.22. The quantitative estimate of drug-likeness (QED) is 0.542. The number of hydrogen-bond donors (Lipinski definition) is 0. The monoisotopic (exact) mass is 141 g/mol. The summed E-state index contributed by atoms with van der Waals surface area (Å²) < 4.78 is 0. The highest BCUT2D eigenvalue weighted by molar-refractivity contribution is 5.46. The number of nitrogens with zero attached hydrogens (tertiary/aromatic N) is 1. The normalized spacial score (nSPS) is 19.3. The van der Waals surface area contributed by atoms with Crippen LogP contribution in [0.3, 0.4) is 0 Å². The van der Waals surface area contributed by atoms with Crippen molar-refractivity contribution in [2.24, 2.45) is 5.92 Å². The minimum Gasteiger partial charge on any atom is -0.348 e. The van der Waals surface area contributed by atoms with Crippen LogP contribution in [0, 0.1) is 5.92 Å². The lowest BCUT2D eigenvalue weighted by Gasteiger charge is -2.15. The molecule has 0 aromatic heterocycles. The fourth-order valence-electron chi connectivity index (χ4n) is 1.64. The lowest BCUT2D eigenvalue weighted by atomic mass is 10.1. The Morgan fingerprint density at radius 3 is 2.60 bits per heavy atom. The Balaban J connectivity index is 2.17. The maximum Gasteiger partial charge on any atom is 0.209 e. The molecule has 58 valence electrons. The average Bonchev–Trinajstić information content (AvgIpc) is 2.40. The van der Waals surface area contributed by atoms with E-state index in [1.165, 1.54) is 25.7 Å². The summed E-state index contributed by atoms with van der Waals surface area (Å²) in [5.74, 6) is 0.787. The first-order valence-electron chi connectivity index (χ1n) is 3.98. The second-order valence-electron chi connectivity index (χ2n) is 3.20. The summed E-state index contributed by atoms with van der Waals surface area (Å²) in [5, 5.41) is 0. The van der Waals surface area contributed by atoms with E-state index in [1.54, 1.807) is 4.90 Å². The van der Waals surface area contributed by atoms with Gasteiger partial charge in [0.15, 0.2) is 0 Å². The molecule has 2 nitrogen and oxygen atoms in total. The van der Waals surface area contributed by atoms with Crippen LogP contribution in [0.2, 0.25) is 0 Å². The molecule has 0 N–H and O–H groups in total. The number of rotatable bonds is 3. The largest absolute Gasteiger partial charge is 0.348 e. The highest BCUT2D eigenvalue weighted by Crippen LogP contribution is 2.24. The van der Waals surface area contributed by atoms with Crippen molar-refractivity contribution >= 4 is 6.41 Å². The summed E-state index contributed by atoms with van der Waals surface area (Å²) in [6.07, 6.45) is 6.27. The van der Waals surface area contributed by atoms with E-state index < -0.39 is 0 Å². The number of carbonyl (C=O) groups excluding carboxylic acids is 1. The van der Waals surface area contributed by atoms with E-state index >= 15 is 0 Å². The Kier molecular flexibility index (Phi) is 2.72. The van der Waals surface area contributed by atoms with Crippen LogP contribution in [-0.2, 0) is 4.79 Å². The summed E-state index contributed by atoms with van der Waals surface area (Å²) in [4.78, 5) is 12.0. The summed E-state index contributed by atoms with van der Waals surface area (Å²) in [6.45, 7) is 0.962. The molecule has 0 bridgehead atoms. The molecular weight excluding hydrogens is 126 g/mol. The van der Waals surface area contributed by atoms with Crippen molar-refractivity contribution in [3.63, 3.8) is 0 Å². The molecule has 0 heterocycles. The van der Waals surface area contributed by atoms with Gasteiger partial charge in [-0.05, 0) is 18.8 Å². The molecule has 1 fully saturated rings. The molecule has 1 rings (SSSR count). The van der Waals surface area contributed by atoms with E-state index in [1.807, 2.05) is 7.05 Å². The smallest absolute Gasteiger partial charge is 0.209 e. The summed E-state index contributed by atoms with van der Waals surface area (Å²) in [6, 6.07) is 0. The van der Waals surface area contributed by atoms with Crippen LogP contribution in [0.5, 0.6) is 0 Å². The van der Waals surface area contributed by atoms with Gasteiger partial charge in [0.05, 0.1) is 0 Å². The van der Waals surface area contributed by atoms with E-state index in [0.717, 1.165) is 18.9 Å². The highest BCUT2D eigenvalue weighted by Gasteiger charge is 2.15. The number of hydrogen-bond acceptors (Lipinski definition) is 1. The minimum atomic E-state index is 0.787. The van der Waals surface area contributed by atoms with Crippen molar-refractivity contribution in [1.29, 1.82) is 0 Å². The van der Waals surface area contributed by atoms with E-state index in [9.17, 15) is 4.79 Å². The van der Waals surface area contributed by atoms with Gasteiger partial charge in [-0.3, -0.25) is 4.79 Å². The van der Waals surface area contributed by atoms with Crippen LogP contribution in [-0.4, -0.2) is 24.9 Å². The third-order valence-corrected chi connectivity index (χ3v) is 2.20. The molecule has 0 saturated heterocycles. The molecule has 10 heavy (non-hydrogen) atoms. The third-order valence-electron chi connectivity index (χ3n) is 2.20. The second kappa shape index (κ2) is 3.59. The molecule has 0 radical (unpaired) electrons. The molecule has 0 aliphatic heterocycles. The topological polar surface area (TPSA) is 20.3 Å². The fraction of sp³-hybridized carbons (Fsp3) is 0.875. The fourth-order valence-corrected chi connectivity index (χ4v) is 1.64. The summed E-state index contributed by atoms with van der Waals surface area (Å²) in [5.41, 5.74) is 0. The van der Waals surface area contributed by atoms with Gasteiger partial charge >= 0.3 is 0 Å². The van der Waals surface area contributed by atoms with Gasteiger partial charge in [0.1, 0.15) is 0 Å². The first-order valence-corrected chi connectivity index (χ1v) is 3.98. The lowest BCUT2D eigenvalue weighted by molar-refractivity contribution is -0.117. The molecule has 1 aliphatic carbocycles. The molecule has 0 aromatic rings. The Morgan fingerprint density at radius 2 is 2.10 bits per heavy atom. The third kappa shape index (κ3) is 2.01. The van der Waals surface area contributed by atoms with E-state index in [4.69, 9.17) is 0 Å². The van der Waals surface area contributed by atoms with Crippen LogP contribution < -0.4 is 0 Å². The van der Waals surface area contributed by atoms with Crippen LogP contribution >= 0.6 is 0 Å². The van der Waals surface area contributed by atoms with Crippen molar-refractivity contribution in [2.45, 2.75) is 25.7 Å². The maximum absolute atomic E-state index is 10.2. The Morgan fingerprint density at radius 1 is 1.50 bits per heavy atom. The van der Waals surface area contributed by atoms with Gasteiger partial charge in [-0.15, -0.1) is 0 Å². The number of amides is 1. The van der Waals surface area contributed by atoms with Crippen molar-refractivity contribution in [3.8, 4) is 0 Å². The molecule has 1 saturated carbocycles. The standard InChI is InChI=1S/C8H15NO/c1-9(7-10)6-8-4-2-3-5-8/h7-8H,2-6H2,1H3. The zero-order valence-electron chi connectivity index (χ0n) is 6.55. The van der Waals surface area contributed by atoms with Gasteiger partial charge in [-0.1, -0.05) is 12.8 Å². The molecule has 0 aromatic carbocycles. The average molecular weight is 141 g/mol. The van der Waals surface area contributed by atoms with Crippen molar-refractivity contribution in [3.05, 3.63) is 0 Å². The second-order valence-corrected chi connectivity index (χ2v) is 3.20. The molecule has 0 atom stereocenters. The van der Waals surface area contributed by atoms with Crippen LogP contribution in [0.4, 0.5) is 0 Å². The number of carbonyl (C=O) groups is 1. The summed E-state index contributed by atoms with van der Waals surface area (Å²) >= 11 is 0. The van der Waals surface area contributed by atoms with Gasteiger partial charge in [0.25, 0.3) is 0 Å². The molecule has 2 heteroatoms. The van der Waals surface area contributed by atoms with Gasteiger partial charge in [-0.25, -0.2) is 0 Å². The first kappa shape index (κ1) is 7.58. The zero-order valence-corrected chi connectivity index (χ0v) is 6.55. The van der Waals surface area contributed by atoms with Gasteiger partial charge in [0.2, 0.25) is 6.41 Å². The van der Waals surface area contributed by atoms with Crippen molar-refractivity contribution < 1.29 is 4.79 Å². The highest BCUT2D eigenvalue weighted by atomic mass is 16.1. The predicted octanol–water partition coefficient (Wildman–Crippen LogP) is 1.26. The van der Waals surface area contributed by atoms with Gasteiger partial charge in [-0.2, -0.15) is 0 Å². The molecular formula is C8H15NO. The molecule has 0 unspecified atom stereocenters. The Hall–Kier alpha value is -0.530. The van der Waals surface area contributed by atoms with E-state index in [0.29, 0.717) is 0 Å². The summed E-state index contributed by atoms with van der Waals surface area (Å²) in [7, 11) is 1.85. The predicted molar refractivity (Wildman–Crippen MR) is 40.7 cm³/mol. The molecule has 0 spiro atoms. The van der Waals surface area contributed by atoms with Gasteiger partial charge < -0.3 is 4.90 Å². The Bertz CT molecular complexity index is 108. The molecule has 1 aliphatic rings. The van der Waals surface area contributed by atoms with Crippen molar-refractivity contribution in [1.82, 2.24) is 4.90 Å². The van der Waals surface area contributed by atoms with Crippen LogP contribution in [0.15, 0.2) is 0 Å². The van der Waals surface area contributed by atoms with Crippen LogP contribution in [0.1, 0.15) is 25.7 Å². The van der Waals surface area contributed by atoms with Crippen LogP contribution in [0.25, 0.3) is 0 Å². The minimum absolute atomic E-state index is 0.787. The van der Waals surface area contributed by atoms with E-state index in [-0.39, 0.29) is 0 Å². The zero-order chi connectivity index (χ0) is 7.40. The maximum atomic E-state index is 10.2. The SMILES string of the molecule is CN(C=O)CC1CCCC1. The van der Waals surface area contributed by atoms with E-state index in [2.05, 4.69) is 0 Å².